The maximum atomic E-state index is 14.4. The number of fused-ring (bicyclic) bond motifs is 2. The first-order chi connectivity index (χ1) is 22.5. The number of hydrogen-bond donors (Lipinski definition) is 6. The highest BCUT2D eigenvalue weighted by atomic mass is 16.7. The van der Waals surface area contributed by atoms with E-state index in [0.717, 1.165) is 0 Å². The summed E-state index contributed by atoms with van der Waals surface area (Å²) < 4.78 is 17.2. The number of nitrogens with one attached hydrogen (secondary N) is 1. The van der Waals surface area contributed by atoms with Gasteiger partial charge >= 0.3 is 5.97 Å². The molecule has 5 unspecified atom stereocenters. The summed E-state index contributed by atoms with van der Waals surface area (Å²) >= 11 is 0. The van der Waals surface area contributed by atoms with Gasteiger partial charge in [-0.15, -0.1) is 0 Å². The highest BCUT2D eigenvalue weighted by Gasteiger charge is 2.45. The van der Waals surface area contributed by atoms with Crippen LogP contribution in [0.2, 0.25) is 0 Å². The number of rotatable bonds is 8. The molecule has 5 atom stereocenters. The van der Waals surface area contributed by atoms with E-state index in [1.165, 1.54) is 32.0 Å². The Morgan fingerprint density at radius 3 is 2.30 bits per heavy atom. The van der Waals surface area contributed by atoms with Crippen LogP contribution in [0.15, 0.2) is 60.9 Å². The Balaban J connectivity index is 1.60. The molecule has 0 bridgehead atoms. The summed E-state index contributed by atoms with van der Waals surface area (Å²) in [6.45, 7) is 2.45. The van der Waals surface area contributed by atoms with Gasteiger partial charge in [-0.05, 0) is 47.9 Å². The zero-order chi connectivity index (χ0) is 33.6. The van der Waals surface area contributed by atoms with Gasteiger partial charge in [0.25, 0.3) is 0 Å². The SMILES string of the molecule is CC(=O)Oc1ccc2c(c1)C(=O)c1c(Cc3cc[nH]c3)c(OC3OC(C)C(O)C(O)C3O)c(Cc3cccc(CO)c3)c(O)c1C2=O. The topological polar surface area (TPSA) is 196 Å². The number of aromatic amines is 1. The highest BCUT2D eigenvalue weighted by Crippen LogP contribution is 2.46. The number of ether oxygens (including phenoxy) is 3. The van der Waals surface area contributed by atoms with E-state index >= 15 is 0 Å². The van der Waals surface area contributed by atoms with E-state index in [1.807, 2.05) is 0 Å². The van der Waals surface area contributed by atoms with Gasteiger partial charge in [0, 0.05) is 60.0 Å². The van der Waals surface area contributed by atoms with E-state index in [4.69, 9.17) is 14.2 Å². The lowest BCUT2D eigenvalue weighted by Gasteiger charge is -2.39. The maximum absolute atomic E-state index is 14.4. The zero-order valence-corrected chi connectivity index (χ0v) is 25.5. The van der Waals surface area contributed by atoms with Crippen molar-refractivity contribution in [2.75, 3.05) is 0 Å². The summed E-state index contributed by atoms with van der Waals surface area (Å²) in [4.78, 5) is 43.1. The summed E-state index contributed by atoms with van der Waals surface area (Å²) in [5.41, 5.74) is 1.74. The van der Waals surface area contributed by atoms with E-state index < -0.39 is 54.0 Å². The fourth-order valence-corrected chi connectivity index (χ4v) is 6.12. The minimum Gasteiger partial charge on any atom is -0.507 e. The number of H-pyrrole nitrogens is 1. The lowest BCUT2D eigenvalue weighted by Crippen LogP contribution is -2.58. The molecule has 4 aromatic rings. The van der Waals surface area contributed by atoms with E-state index in [1.54, 1.807) is 42.7 Å². The summed E-state index contributed by atoms with van der Waals surface area (Å²) in [5.74, 6) is -2.46. The molecule has 3 aromatic carbocycles. The van der Waals surface area contributed by atoms with Gasteiger partial charge < -0.3 is 44.7 Å². The van der Waals surface area contributed by atoms with Crippen molar-refractivity contribution in [3.05, 3.63) is 111 Å². The van der Waals surface area contributed by atoms with Crippen molar-refractivity contribution in [2.24, 2.45) is 0 Å². The fraction of sp³-hybridized carbons (Fsp3) is 0.286. The van der Waals surface area contributed by atoms with Gasteiger partial charge in [-0.25, -0.2) is 0 Å². The lowest BCUT2D eigenvalue weighted by molar-refractivity contribution is -0.268. The average Bonchev–Trinajstić information content (AvgIpc) is 3.57. The van der Waals surface area contributed by atoms with Crippen LogP contribution in [0.3, 0.4) is 0 Å². The number of carbonyl (C=O) groups excluding carboxylic acids is 3. The van der Waals surface area contributed by atoms with Crippen LogP contribution in [0.25, 0.3) is 0 Å². The predicted octanol–water partition coefficient (Wildman–Crippen LogP) is 2.30. The Hall–Kier alpha value is -4.85. The van der Waals surface area contributed by atoms with Crippen molar-refractivity contribution >= 4 is 17.5 Å². The van der Waals surface area contributed by atoms with Gasteiger partial charge in [0.1, 0.15) is 35.6 Å². The normalized spacial score (nSPS) is 22.0. The van der Waals surface area contributed by atoms with Gasteiger partial charge in [0.15, 0.2) is 11.6 Å². The number of carbonyl (C=O) groups is 3. The minimum absolute atomic E-state index is 0.000151. The molecule has 244 valence electrons. The number of esters is 1. The van der Waals surface area contributed by atoms with Crippen LogP contribution in [0.4, 0.5) is 0 Å². The third-order valence-corrected chi connectivity index (χ3v) is 8.46. The second-order valence-electron chi connectivity index (χ2n) is 11.7. The third-order valence-electron chi connectivity index (χ3n) is 8.46. The molecule has 12 nitrogen and oxygen atoms in total. The molecule has 1 aliphatic carbocycles. The van der Waals surface area contributed by atoms with Gasteiger partial charge in [-0.3, -0.25) is 14.4 Å². The Kier molecular flexibility index (Phi) is 8.70. The summed E-state index contributed by atoms with van der Waals surface area (Å²) in [6, 6.07) is 12.7. The van der Waals surface area contributed by atoms with E-state index in [0.29, 0.717) is 16.7 Å². The number of aliphatic hydroxyl groups excluding tert-OH is 4. The highest BCUT2D eigenvalue weighted by molar-refractivity contribution is 6.30. The Labute approximate surface area is 268 Å². The van der Waals surface area contributed by atoms with Crippen molar-refractivity contribution < 1.29 is 54.1 Å². The van der Waals surface area contributed by atoms with Gasteiger partial charge in [-0.2, -0.15) is 0 Å². The van der Waals surface area contributed by atoms with Crippen molar-refractivity contribution in [3.8, 4) is 17.2 Å². The van der Waals surface area contributed by atoms with Crippen LogP contribution >= 0.6 is 0 Å². The number of benzene rings is 3. The molecule has 6 N–H and O–H groups in total. The zero-order valence-electron chi connectivity index (χ0n) is 25.5. The van der Waals surface area contributed by atoms with Crippen LogP contribution in [-0.4, -0.2) is 78.8 Å². The molecule has 0 radical (unpaired) electrons. The molecule has 12 heteroatoms. The number of aliphatic hydroxyl groups is 4. The van der Waals surface area contributed by atoms with Crippen molar-refractivity contribution in [1.29, 1.82) is 0 Å². The fourth-order valence-electron chi connectivity index (χ4n) is 6.12. The van der Waals surface area contributed by atoms with Gasteiger partial charge in [-0.1, -0.05) is 24.3 Å². The molecule has 2 aliphatic rings. The van der Waals surface area contributed by atoms with E-state index in [-0.39, 0.29) is 64.3 Å². The standard InChI is InChI=1S/C35H33NO11/c1-16-28(39)32(43)33(44)35(45-16)47-34-24(12-19-8-9-36-14-19)26-27(31(42)25(34)11-18-4-3-5-20(10-18)15-37)29(40)22-7-6-21(46-17(2)38)13-23(22)30(26)41/h3-10,13-14,16,28,32-33,35-37,39,42-44H,11-12,15H2,1-2H3. The Morgan fingerprint density at radius 2 is 1.60 bits per heavy atom. The molecule has 47 heavy (non-hydrogen) atoms. The smallest absolute Gasteiger partial charge is 0.308 e. The van der Waals surface area contributed by atoms with E-state index in [2.05, 4.69) is 4.98 Å². The van der Waals surface area contributed by atoms with Crippen LogP contribution in [0.5, 0.6) is 17.2 Å². The summed E-state index contributed by atoms with van der Waals surface area (Å²) in [6.07, 6.45) is -3.95. The minimum atomic E-state index is -1.73. The largest absolute Gasteiger partial charge is 0.507 e. The first kappa shape index (κ1) is 32.1. The number of phenols is 1. The second kappa shape index (κ2) is 12.7. The van der Waals surface area contributed by atoms with E-state index in [9.17, 15) is 39.9 Å². The maximum Gasteiger partial charge on any atom is 0.308 e. The molecule has 1 fully saturated rings. The summed E-state index contributed by atoms with van der Waals surface area (Å²) in [7, 11) is 0. The Bertz CT molecular complexity index is 1870. The number of aromatic hydroxyl groups is 1. The molecule has 0 spiro atoms. The van der Waals surface area contributed by atoms with Crippen molar-refractivity contribution in [3.63, 3.8) is 0 Å². The van der Waals surface area contributed by atoms with Crippen LogP contribution < -0.4 is 9.47 Å². The third kappa shape index (κ3) is 5.93. The molecule has 1 saturated heterocycles. The molecule has 1 aliphatic heterocycles. The number of hydrogen-bond acceptors (Lipinski definition) is 11. The van der Waals surface area contributed by atoms with Gasteiger partial charge in [0.05, 0.1) is 18.3 Å². The molecule has 2 heterocycles. The molecule has 1 aromatic heterocycles. The lowest BCUT2D eigenvalue weighted by atomic mass is 9.78. The van der Waals surface area contributed by atoms with Crippen LogP contribution in [0.1, 0.15) is 73.5 Å². The average molecular weight is 644 g/mol. The molecule has 6 rings (SSSR count). The second-order valence-corrected chi connectivity index (χ2v) is 11.7. The monoisotopic (exact) mass is 643 g/mol. The first-order valence-corrected chi connectivity index (χ1v) is 15.0. The molecule has 0 saturated carbocycles. The van der Waals surface area contributed by atoms with Gasteiger partial charge in [0.2, 0.25) is 6.29 Å². The summed E-state index contributed by atoms with van der Waals surface area (Å²) in [5, 5.41) is 53.4. The number of ketones is 2. The molecular weight excluding hydrogens is 610 g/mol. The molecule has 0 amide bonds. The van der Waals surface area contributed by atoms with Crippen molar-refractivity contribution in [2.45, 2.75) is 64.0 Å². The quantitative estimate of drug-likeness (QED) is 0.107. The van der Waals surface area contributed by atoms with Crippen LogP contribution in [0, 0.1) is 0 Å². The Morgan fingerprint density at radius 1 is 0.872 bits per heavy atom. The first-order valence-electron chi connectivity index (χ1n) is 15.0. The molecular formula is C35H33NO11. The number of phenolic OH excluding ortho intramolecular Hbond substituents is 1. The number of aromatic nitrogens is 1. The van der Waals surface area contributed by atoms with Crippen LogP contribution in [-0.2, 0) is 29.0 Å². The van der Waals surface area contributed by atoms with Crippen molar-refractivity contribution in [1.82, 2.24) is 4.98 Å². The predicted molar refractivity (Wildman–Crippen MR) is 164 cm³/mol.